The van der Waals surface area contributed by atoms with Crippen LogP contribution in [0.15, 0.2) is 34.3 Å². The van der Waals surface area contributed by atoms with Crippen molar-refractivity contribution in [1.29, 1.82) is 4.78 Å². The third-order valence-corrected chi connectivity index (χ3v) is 11.1. The summed E-state index contributed by atoms with van der Waals surface area (Å²) in [5.74, 6) is 0.138. The van der Waals surface area contributed by atoms with Crippen LogP contribution in [0.1, 0.15) is 36.9 Å². The van der Waals surface area contributed by atoms with Crippen LogP contribution in [0.5, 0.6) is 0 Å². The zero-order valence-corrected chi connectivity index (χ0v) is 25.7. The molecule has 4 aromatic heterocycles. The first-order valence-electron chi connectivity index (χ1n) is 12.4. The molecular weight excluding hydrogens is 618 g/mol. The number of alkyl halides is 2. The highest BCUT2D eigenvalue weighted by Crippen LogP contribution is 2.40. The van der Waals surface area contributed by atoms with Gasteiger partial charge in [-0.25, -0.2) is 40.9 Å². The van der Waals surface area contributed by atoms with E-state index < -0.39 is 36.7 Å². The third-order valence-electron chi connectivity index (χ3n) is 6.69. The molecule has 220 valence electrons. The lowest BCUT2D eigenvalue weighted by atomic mass is 10.0. The molecule has 1 aliphatic carbocycles. The number of hydrogen-bond acceptors (Lipinski definition) is 10. The van der Waals surface area contributed by atoms with Crippen LogP contribution in [0.25, 0.3) is 27.5 Å². The van der Waals surface area contributed by atoms with E-state index in [2.05, 4.69) is 24.9 Å². The molecule has 17 heteroatoms. The van der Waals surface area contributed by atoms with Gasteiger partial charge >= 0.3 is 0 Å². The Morgan fingerprint density at radius 3 is 2.49 bits per heavy atom. The molecule has 11 nitrogen and oxygen atoms in total. The second-order valence-electron chi connectivity index (χ2n) is 10.4. The van der Waals surface area contributed by atoms with Crippen molar-refractivity contribution in [3.8, 4) is 22.0 Å². The molecule has 1 aliphatic rings. The Kier molecular flexibility index (Phi) is 7.70. The maximum atomic E-state index is 13.5. The molecule has 0 aliphatic heterocycles. The van der Waals surface area contributed by atoms with Crippen molar-refractivity contribution in [2.75, 3.05) is 26.4 Å². The van der Waals surface area contributed by atoms with Gasteiger partial charge in [0.2, 0.25) is 10.0 Å². The van der Waals surface area contributed by atoms with Crippen LogP contribution in [0.3, 0.4) is 0 Å². The summed E-state index contributed by atoms with van der Waals surface area (Å²) >= 11 is 7.20. The van der Waals surface area contributed by atoms with E-state index in [4.69, 9.17) is 16.4 Å². The largest absolute Gasteiger partial charge is 0.308 e. The highest BCUT2D eigenvalue weighted by molar-refractivity contribution is 7.92. The monoisotopic (exact) mass is 644 g/mol. The first-order chi connectivity index (χ1) is 19.1. The molecule has 0 aromatic carbocycles. The molecule has 1 atom stereocenters. The summed E-state index contributed by atoms with van der Waals surface area (Å²) in [7, 11) is -3.57. The lowest BCUT2D eigenvalue weighted by molar-refractivity contribution is 0.150. The number of nitrogens with zero attached hydrogens (tertiary/aromatic N) is 6. The third kappa shape index (κ3) is 5.99. The van der Waals surface area contributed by atoms with E-state index in [1.807, 2.05) is 19.0 Å². The van der Waals surface area contributed by atoms with Gasteiger partial charge in [0.25, 0.3) is 6.43 Å². The van der Waals surface area contributed by atoms with Crippen LogP contribution in [-0.2, 0) is 19.8 Å². The van der Waals surface area contributed by atoms with Crippen LogP contribution in [-0.4, -0.2) is 74.0 Å². The number of halogens is 3. The van der Waals surface area contributed by atoms with E-state index in [1.165, 1.54) is 22.7 Å². The molecule has 41 heavy (non-hydrogen) atoms. The molecule has 1 saturated carbocycles. The zero-order valence-electron chi connectivity index (χ0n) is 22.5. The molecule has 2 N–H and O–H groups in total. The molecule has 0 amide bonds. The number of fused-ring (bicyclic) bond motifs is 1. The van der Waals surface area contributed by atoms with Gasteiger partial charge in [-0.1, -0.05) is 22.9 Å². The molecule has 1 fully saturated rings. The van der Waals surface area contributed by atoms with Crippen LogP contribution in [0.4, 0.5) is 8.78 Å². The number of nitrogens with one attached hydrogen (secondary N) is 2. The second kappa shape index (κ2) is 10.6. The maximum Gasteiger partial charge on any atom is 0.291 e. The Balaban J connectivity index is 1.71. The molecule has 4 heterocycles. The van der Waals surface area contributed by atoms with Gasteiger partial charge in [0.05, 0.1) is 25.9 Å². The number of rotatable bonds is 10. The van der Waals surface area contributed by atoms with Crippen molar-refractivity contribution in [2.24, 2.45) is 0 Å². The molecule has 0 saturated heterocycles. The van der Waals surface area contributed by atoms with E-state index in [1.54, 1.807) is 19.9 Å². The van der Waals surface area contributed by atoms with Gasteiger partial charge in [0.15, 0.2) is 21.0 Å². The standard InChI is InChI=1S/C24H27ClF2N8O3S3/c1-13-15(5-6-17(29-13)40(28,36)10-9-34(3)4)16-11-14(41(37,38)33-24(2)7-8-24)12-35-18(16)19(25)30-21(35)23-32-31-22(39-23)20(26)27/h5-6,11-12,20,28,33H,7-10H2,1-4H3. The van der Waals surface area contributed by atoms with Gasteiger partial charge in [0, 0.05) is 35.1 Å². The van der Waals surface area contributed by atoms with Crippen LogP contribution in [0, 0.1) is 11.7 Å². The lowest BCUT2D eigenvalue weighted by Crippen LogP contribution is -2.34. The first kappa shape index (κ1) is 29.8. The number of aryl methyl sites for hydroxylation is 1. The Morgan fingerprint density at radius 2 is 1.90 bits per heavy atom. The Bertz CT molecular complexity index is 1870. The van der Waals surface area contributed by atoms with E-state index in [9.17, 15) is 21.4 Å². The summed E-state index contributed by atoms with van der Waals surface area (Å²) < 4.78 is 79.0. The van der Waals surface area contributed by atoms with Crippen molar-refractivity contribution in [2.45, 2.75) is 48.6 Å². The van der Waals surface area contributed by atoms with Crippen LogP contribution >= 0.6 is 22.9 Å². The Hall–Kier alpha value is -2.63. The number of hydrogen-bond donors (Lipinski definition) is 2. The molecule has 5 rings (SSSR count). The summed E-state index contributed by atoms with van der Waals surface area (Å²) in [4.78, 5) is 10.5. The fraction of sp³-hybridized carbons (Fsp3) is 0.417. The van der Waals surface area contributed by atoms with Crippen molar-refractivity contribution < 1.29 is 21.4 Å². The van der Waals surface area contributed by atoms with Gasteiger partial charge in [0.1, 0.15) is 5.03 Å². The Labute approximate surface area is 245 Å². The van der Waals surface area contributed by atoms with Gasteiger partial charge in [-0.15, -0.1) is 10.2 Å². The smallest absolute Gasteiger partial charge is 0.291 e. The van der Waals surface area contributed by atoms with E-state index >= 15 is 0 Å². The predicted molar refractivity (Wildman–Crippen MR) is 153 cm³/mol. The van der Waals surface area contributed by atoms with Gasteiger partial charge < -0.3 is 4.90 Å². The lowest BCUT2D eigenvalue weighted by Gasteiger charge is -2.16. The average Bonchev–Trinajstić information content (AvgIpc) is 3.26. The summed E-state index contributed by atoms with van der Waals surface area (Å²) in [6.45, 7) is 3.90. The minimum absolute atomic E-state index is 0.0198. The molecule has 4 aromatic rings. The minimum atomic E-state index is -4.03. The molecule has 0 radical (unpaired) electrons. The van der Waals surface area contributed by atoms with Crippen LogP contribution in [0.2, 0.25) is 5.15 Å². The molecule has 0 spiro atoms. The summed E-state index contributed by atoms with van der Waals surface area (Å²) in [6.07, 6.45) is -0.139. The highest BCUT2D eigenvalue weighted by Gasteiger charge is 2.41. The van der Waals surface area contributed by atoms with Crippen molar-refractivity contribution in [3.63, 3.8) is 0 Å². The van der Waals surface area contributed by atoms with Crippen LogP contribution < -0.4 is 4.72 Å². The number of sulfonamides is 1. The van der Waals surface area contributed by atoms with Gasteiger partial charge in [-0.2, -0.15) is 0 Å². The van der Waals surface area contributed by atoms with Crippen molar-refractivity contribution >= 4 is 48.2 Å². The van der Waals surface area contributed by atoms with Crippen molar-refractivity contribution in [3.05, 3.63) is 40.3 Å². The molecular formula is C24H27ClF2N8O3S3. The zero-order chi connectivity index (χ0) is 29.9. The highest BCUT2D eigenvalue weighted by atomic mass is 35.5. The molecule has 1 unspecified atom stereocenters. The van der Waals surface area contributed by atoms with E-state index in [0.29, 0.717) is 53.1 Å². The molecule has 0 bridgehead atoms. The number of aromatic nitrogens is 5. The fourth-order valence-corrected chi connectivity index (χ4v) is 8.01. The summed E-state index contributed by atoms with van der Waals surface area (Å²) in [6, 6.07) is 4.55. The SMILES string of the molecule is Cc1nc(S(=N)(=O)CCN(C)C)ccc1-c1cc(S(=O)(=O)NC2(C)CC2)cn2c(-c3nnc(C(F)F)s3)nc(Cl)c12. The predicted octanol–water partition coefficient (Wildman–Crippen LogP) is 4.61. The van der Waals surface area contributed by atoms with E-state index in [-0.39, 0.29) is 31.7 Å². The average molecular weight is 645 g/mol. The van der Waals surface area contributed by atoms with Gasteiger partial charge in [-0.3, -0.25) is 4.40 Å². The Morgan fingerprint density at radius 1 is 1.20 bits per heavy atom. The number of imidazole rings is 1. The number of pyridine rings is 2. The fourth-order valence-electron chi connectivity index (χ4n) is 4.16. The summed E-state index contributed by atoms with van der Waals surface area (Å²) in [5, 5.41) is 6.97. The van der Waals surface area contributed by atoms with Gasteiger partial charge in [-0.05, 0) is 59.0 Å². The van der Waals surface area contributed by atoms with Crippen molar-refractivity contribution in [1.82, 2.24) is 34.2 Å². The maximum absolute atomic E-state index is 13.5. The summed E-state index contributed by atoms with van der Waals surface area (Å²) in [5.41, 5.74) is 0.937. The quantitative estimate of drug-likeness (QED) is 0.254. The normalized spacial score (nSPS) is 16.5. The topological polar surface area (TPSA) is 146 Å². The van der Waals surface area contributed by atoms with E-state index in [0.717, 1.165) is 0 Å². The second-order valence-corrected chi connectivity index (χ2v) is 15.6. The first-order valence-corrected chi connectivity index (χ1v) is 16.8. The minimum Gasteiger partial charge on any atom is -0.308 e.